The lowest BCUT2D eigenvalue weighted by Crippen LogP contribution is -2.42. The normalized spacial score (nSPS) is 17.8. The zero-order valence-corrected chi connectivity index (χ0v) is 10.6. The Morgan fingerprint density at radius 1 is 1.31 bits per heavy atom. The molecule has 1 fully saturated rings. The van der Waals surface area contributed by atoms with Crippen molar-refractivity contribution in [2.75, 3.05) is 13.2 Å². The lowest BCUT2D eigenvalue weighted by molar-refractivity contribution is -0.138. The molecular weight excluding hydrogens is 202 g/mol. The molecule has 0 bridgehead atoms. The van der Waals surface area contributed by atoms with Crippen molar-refractivity contribution in [2.45, 2.75) is 58.4 Å². The summed E-state index contributed by atoms with van der Waals surface area (Å²) in [5.74, 6) is 0.554. The maximum absolute atomic E-state index is 12.3. The van der Waals surface area contributed by atoms with Crippen LogP contribution < -0.4 is 0 Å². The molecule has 3 nitrogen and oxygen atoms in total. The van der Waals surface area contributed by atoms with Gasteiger partial charge in [-0.2, -0.15) is 0 Å². The first-order valence-electron chi connectivity index (χ1n) is 6.58. The highest BCUT2D eigenvalue weighted by Gasteiger charge is 2.26. The summed E-state index contributed by atoms with van der Waals surface area (Å²) in [7, 11) is 0. The highest BCUT2D eigenvalue weighted by molar-refractivity contribution is 5.79. The van der Waals surface area contributed by atoms with Gasteiger partial charge in [-0.15, -0.1) is 0 Å². The molecule has 0 spiro atoms. The molecule has 16 heavy (non-hydrogen) atoms. The van der Waals surface area contributed by atoms with Gasteiger partial charge < -0.3 is 10.0 Å². The second-order valence-electron chi connectivity index (χ2n) is 5.04. The lowest BCUT2D eigenvalue weighted by Gasteiger charge is -2.32. The van der Waals surface area contributed by atoms with Gasteiger partial charge in [-0.1, -0.05) is 19.3 Å². The van der Waals surface area contributed by atoms with Gasteiger partial charge in [-0.3, -0.25) is 4.79 Å². The molecule has 3 heteroatoms. The monoisotopic (exact) mass is 227 g/mol. The second-order valence-corrected chi connectivity index (χ2v) is 5.04. The van der Waals surface area contributed by atoms with Crippen LogP contribution in [-0.2, 0) is 4.79 Å². The maximum atomic E-state index is 12.3. The third kappa shape index (κ3) is 3.78. The van der Waals surface area contributed by atoms with Gasteiger partial charge in [0.15, 0.2) is 0 Å². The van der Waals surface area contributed by atoms with Crippen molar-refractivity contribution >= 4 is 5.91 Å². The molecule has 0 aromatic carbocycles. The molecule has 0 aliphatic heterocycles. The minimum atomic E-state index is 0.168. The van der Waals surface area contributed by atoms with Crippen LogP contribution in [0.25, 0.3) is 0 Å². The van der Waals surface area contributed by atoms with Crippen LogP contribution >= 0.6 is 0 Å². The molecule has 1 aliphatic rings. The standard InChI is InChI=1S/C13H25NO2/c1-11(2)14(9-6-10-15)13(16)12-7-4-3-5-8-12/h11-12,15H,3-10H2,1-2H3. The highest BCUT2D eigenvalue weighted by Crippen LogP contribution is 2.26. The molecule has 0 atom stereocenters. The quantitative estimate of drug-likeness (QED) is 0.782. The molecule has 1 aliphatic carbocycles. The van der Waals surface area contributed by atoms with E-state index < -0.39 is 0 Å². The van der Waals surface area contributed by atoms with E-state index in [1.165, 1.54) is 19.3 Å². The minimum absolute atomic E-state index is 0.168. The molecule has 0 saturated heterocycles. The van der Waals surface area contributed by atoms with Gasteiger partial charge in [0.2, 0.25) is 5.91 Å². The molecule has 0 aromatic heterocycles. The van der Waals surface area contributed by atoms with Crippen molar-refractivity contribution in [3.05, 3.63) is 0 Å². The minimum Gasteiger partial charge on any atom is -0.396 e. The Hall–Kier alpha value is -0.570. The van der Waals surface area contributed by atoms with E-state index in [-0.39, 0.29) is 18.6 Å². The van der Waals surface area contributed by atoms with E-state index in [9.17, 15) is 4.79 Å². The molecule has 1 saturated carbocycles. The van der Waals surface area contributed by atoms with Crippen LogP contribution in [0.5, 0.6) is 0 Å². The van der Waals surface area contributed by atoms with Crippen molar-refractivity contribution in [3.63, 3.8) is 0 Å². The number of hydrogen-bond donors (Lipinski definition) is 1. The van der Waals surface area contributed by atoms with Crippen LogP contribution in [0.4, 0.5) is 0 Å². The van der Waals surface area contributed by atoms with Crippen LogP contribution in [0, 0.1) is 5.92 Å². The average Bonchev–Trinajstić information content (AvgIpc) is 2.30. The summed E-state index contributed by atoms with van der Waals surface area (Å²) >= 11 is 0. The van der Waals surface area contributed by atoms with Gasteiger partial charge >= 0.3 is 0 Å². The Morgan fingerprint density at radius 3 is 2.44 bits per heavy atom. The number of amides is 1. The first kappa shape index (κ1) is 13.5. The molecular formula is C13H25NO2. The van der Waals surface area contributed by atoms with Crippen LogP contribution in [0.2, 0.25) is 0 Å². The van der Waals surface area contributed by atoms with Crippen molar-refractivity contribution < 1.29 is 9.90 Å². The summed E-state index contributed by atoms with van der Waals surface area (Å²) in [5.41, 5.74) is 0. The van der Waals surface area contributed by atoms with Gasteiger partial charge in [0, 0.05) is 25.1 Å². The topological polar surface area (TPSA) is 40.5 Å². The average molecular weight is 227 g/mol. The Balaban J connectivity index is 2.51. The first-order valence-corrected chi connectivity index (χ1v) is 6.58. The van der Waals surface area contributed by atoms with E-state index in [1.807, 2.05) is 4.90 Å². The summed E-state index contributed by atoms with van der Waals surface area (Å²) in [4.78, 5) is 14.2. The molecule has 0 aromatic rings. The van der Waals surface area contributed by atoms with E-state index in [1.54, 1.807) is 0 Å². The summed E-state index contributed by atoms with van der Waals surface area (Å²) in [6.07, 6.45) is 6.48. The van der Waals surface area contributed by atoms with Gasteiger partial charge in [0.05, 0.1) is 0 Å². The van der Waals surface area contributed by atoms with Crippen LogP contribution in [0.1, 0.15) is 52.4 Å². The smallest absolute Gasteiger partial charge is 0.225 e. The predicted octanol–water partition coefficient (Wildman–Crippen LogP) is 2.19. The lowest BCUT2D eigenvalue weighted by atomic mass is 9.88. The molecule has 0 radical (unpaired) electrons. The van der Waals surface area contributed by atoms with E-state index >= 15 is 0 Å². The largest absolute Gasteiger partial charge is 0.396 e. The molecule has 0 unspecified atom stereocenters. The van der Waals surface area contributed by atoms with Crippen molar-refractivity contribution in [2.24, 2.45) is 5.92 Å². The highest BCUT2D eigenvalue weighted by atomic mass is 16.3. The number of carbonyl (C=O) groups is 1. The second kappa shape index (κ2) is 6.89. The molecule has 1 N–H and O–H groups in total. The van der Waals surface area contributed by atoms with Gasteiger partial charge in [-0.05, 0) is 33.1 Å². The zero-order valence-electron chi connectivity index (χ0n) is 10.6. The Bertz CT molecular complexity index is 210. The van der Waals surface area contributed by atoms with Gasteiger partial charge in [0.25, 0.3) is 0 Å². The number of carbonyl (C=O) groups excluding carboxylic acids is 1. The molecule has 1 amide bonds. The first-order chi connectivity index (χ1) is 7.66. The fourth-order valence-electron chi connectivity index (χ4n) is 2.45. The molecule has 1 rings (SSSR count). The molecule has 94 valence electrons. The third-order valence-corrected chi connectivity index (χ3v) is 3.42. The Kier molecular flexibility index (Phi) is 5.81. The number of aliphatic hydroxyl groups is 1. The van der Waals surface area contributed by atoms with Crippen molar-refractivity contribution in [1.29, 1.82) is 0 Å². The van der Waals surface area contributed by atoms with Crippen LogP contribution in [0.3, 0.4) is 0 Å². The van der Waals surface area contributed by atoms with Gasteiger partial charge in [-0.25, -0.2) is 0 Å². The Morgan fingerprint density at radius 2 is 1.94 bits per heavy atom. The Labute approximate surface area is 98.8 Å². The maximum Gasteiger partial charge on any atom is 0.225 e. The van der Waals surface area contributed by atoms with E-state index in [0.29, 0.717) is 18.9 Å². The number of aliphatic hydroxyl groups excluding tert-OH is 1. The van der Waals surface area contributed by atoms with Gasteiger partial charge in [0.1, 0.15) is 0 Å². The van der Waals surface area contributed by atoms with Crippen LogP contribution in [-0.4, -0.2) is 35.1 Å². The number of hydrogen-bond acceptors (Lipinski definition) is 2. The summed E-state index contributed by atoms with van der Waals surface area (Å²) in [6.45, 7) is 4.97. The van der Waals surface area contributed by atoms with Crippen LogP contribution in [0.15, 0.2) is 0 Å². The summed E-state index contributed by atoms with van der Waals surface area (Å²) in [5, 5.41) is 8.85. The van der Waals surface area contributed by atoms with Crippen molar-refractivity contribution in [3.8, 4) is 0 Å². The SMILES string of the molecule is CC(C)N(CCCO)C(=O)C1CCCCC1. The number of rotatable bonds is 5. The zero-order chi connectivity index (χ0) is 12.0. The van der Waals surface area contributed by atoms with Crippen molar-refractivity contribution in [1.82, 2.24) is 4.90 Å². The van der Waals surface area contributed by atoms with E-state index in [0.717, 1.165) is 12.8 Å². The summed E-state index contributed by atoms with van der Waals surface area (Å²) in [6, 6.07) is 0.251. The summed E-state index contributed by atoms with van der Waals surface area (Å²) < 4.78 is 0. The van der Waals surface area contributed by atoms with E-state index in [2.05, 4.69) is 13.8 Å². The fraction of sp³-hybridized carbons (Fsp3) is 0.923. The van der Waals surface area contributed by atoms with E-state index in [4.69, 9.17) is 5.11 Å². The fourth-order valence-corrected chi connectivity index (χ4v) is 2.45. The molecule has 0 heterocycles. The third-order valence-electron chi connectivity index (χ3n) is 3.42. The predicted molar refractivity (Wildman–Crippen MR) is 65.1 cm³/mol. The number of nitrogens with zero attached hydrogens (tertiary/aromatic N) is 1.